The molecule has 1 N–H and O–H groups in total. The Hall–Kier alpha value is -3.27. The topological polar surface area (TPSA) is 41.6 Å². The Morgan fingerprint density at radius 3 is 2.59 bits per heavy atom. The Morgan fingerprint density at radius 2 is 1.84 bits per heavy atom. The van der Waals surface area contributed by atoms with Crippen molar-refractivity contribution in [2.24, 2.45) is 5.92 Å². The standard InChI is InChI=1S/C28H32N2O2/c1-21-8-7-17-30(19-21)26-15-13-24(14-16-26)22(2)29-28(31)25-11-6-12-27(18-25)32-20-23-9-4-3-5-10-23/h3-6,9-16,18,21-22H,7-8,17,19-20H2,1-2H3,(H,29,31)/t21-,22+/m0/s1. The van der Waals surface area contributed by atoms with Gasteiger partial charge in [0.2, 0.25) is 0 Å². The highest BCUT2D eigenvalue weighted by molar-refractivity contribution is 5.94. The minimum Gasteiger partial charge on any atom is -0.489 e. The maximum Gasteiger partial charge on any atom is 0.251 e. The molecule has 0 unspecified atom stereocenters. The van der Waals surface area contributed by atoms with Gasteiger partial charge in [0, 0.05) is 24.3 Å². The minimum atomic E-state index is -0.100. The molecule has 3 aromatic carbocycles. The Kier molecular flexibility index (Phi) is 7.10. The van der Waals surface area contributed by atoms with Gasteiger partial charge in [0.15, 0.2) is 0 Å². The number of benzene rings is 3. The Labute approximate surface area is 191 Å². The Bertz CT molecular complexity index is 1020. The summed E-state index contributed by atoms with van der Waals surface area (Å²) < 4.78 is 5.87. The van der Waals surface area contributed by atoms with Crippen molar-refractivity contribution >= 4 is 11.6 Å². The second-order valence-electron chi connectivity index (χ2n) is 8.78. The third-order valence-corrected chi connectivity index (χ3v) is 6.11. The first-order valence-electron chi connectivity index (χ1n) is 11.5. The highest BCUT2D eigenvalue weighted by Crippen LogP contribution is 2.25. The number of piperidine rings is 1. The summed E-state index contributed by atoms with van der Waals surface area (Å²) in [4.78, 5) is 15.3. The molecule has 1 saturated heterocycles. The van der Waals surface area contributed by atoms with Crippen LogP contribution < -0.4 is 15.0 Å². The fourth-order valence-corrected chi connectivity index (χ4v) is 4.23. The summed E-state index contributed by atoms with van der Waals surface area (Å²) in [5, 5.41) is 3.11. The Morgan fingerprint density at radius 1 is 1.06 bits per heavy atom. The van der Waals surface area contributed by atoms with E-state index in [-0.39, 0.29) is 11.9 Å². The molecule has 0 aromatic heterocycles. The van der Waals surface area contributed by atoms with Crippen LogP contribution in [0.3, 0.4) is 0 Å². The second-order valence-corrected chi connectivity index (χ2v) is 8.78. The third-order valence-electron chi connectivity index (χ3n) is 6.11. The maximum atomic E-state index is 12.8. The van der Waals surface area contributed by atoms with E-state index < -0.39 is 0 Å². The van der Waals surface area contributed by atoms with Gasteiger partial charge in [-0.1, -0.05) is 55.5 Å². The second kappa shape index (κ2) is 10.4. The molecule has 4 rings (SSSR count). The maximum absolute atomic E-state index is 12.8. The largest absolute Gasteiger partial charge is 0.489 e. The van der Waals surface area contributed by atoms with Gasteiger partial charge in [-0.15, -0.1) is 0 Å². The van der Waals surface area contributed by atoms with E-state index in [1.807, 2.05) is 55.5 Å². The first-order chi connectivity index (χ1) is 15.6. The zero-order valence-electron chi connectivity index (χ0n) is 19.0. The zero-order chi connectivity index (χ0) is 22.3. The molecule has 1 heterocycles. The number of hydrogen-bond donors (Lipinski definition) is 1. The van der Waals surface area contributed by atoms with Crippen LogP contribution in [0.2, 0.25) is 0 Å². The van der Waals surface area contributed by atoms with Gasteiger partial charge >= 0.3 is 0 Å². The molecular weight excluding hydrogens is 396 g/mol. The van der Waals surface area contributed by atoms with Gasteiger partial charge in [0.25, 0.3) is 5.91 Å². The number of anilines is 1. The molecule has 1 amide bonds. The third kappa shape index (κ3) is 5.70. The van der Waals surface area contributed by atoms with Crippen LogP contribution >= 0.6 is 0 Å². The van der Waals surface area contributed by atoms with Crippen LogP contribution in [-0.2, 0) is 6.61 Å². The van der Waals surface area contributed by atoms with Crippen molar-refractivity contribution in [1.82, 2.24) is 5.32 Å². The summed E-state index contributed by atoms with van der Waals surface area (Å²) in [5.74, 6) is 1.33. The summed E-state index contributed by atoms with van der Waals surface area (Å²) >= 11 is 0. The van der Waals surface area contributed by atoms with Crippen LogP contribution in [0.1, 0.15) is 54.2 Å². The van der Waals surface area contributed by atoms with Gasteiger partial charge < -0.3 is 15.0 Å². The van der Waals surface area contributed by atoms with Gasteiger partial charge in [-0.05, 0) is 67.1 Å². The molecule has 0 spiro atoms. The summed E-state index contributed by atoms with van der Waals surface area (Å²) in [6, 6.07) is 25.9. The Balaban J connectivity index is 1.35. The molecule has 1 fully saturated rings. The lowest BCUT2D eigenvalue weighted by atomic mass is 9.99. The highest BCUT2D eigenvalue weighted by Gasteiger charge is 2.17. The average Bonchev–Trinajstić information content (AvgIpc) is 2.83. The number of carbonyl (C=O) groups is 1. The van der Waals surface area contributed by atoms with Crippen LogP contribution in [0.25, 0.3) is 0 Å². The van der Waals surface area contributed by atoms with Crippen molar-refractivity contribution in [2.45, 2.75) is 39.3 Å². The van der Waals surface area contributed by atoms with Crippen LogP contribution in [0.5, 0.6) is 5.75 Å². The van der Waals surface area contributed by atoms with Crippen molar-refractivity contribution in [2.75, 3.05) is 18.0 Å². The lowest BCUT2D eigenvalue weighted by molar-refractivity contribution is 0.0939. The van der Waals surface area contributed by atoms with Crippen LogP contribution in [0, 0.1) is 5.92 Å². The van der Waals surface area contributed by atoms with Crippen LogP contribution in [0.15, 0.2) is 78.9 Å². The van der Waals surface area contributed by atoms with E-state index >= 15 is 0 Å². The van der Waals surface area contributed by atoms with E-state index in [9.17, 15) is 4.79 Å². The molecule has 1 aliphatic heterocycles. The van der Waals surface area contributed by atoms with Gasteiger partial charge in [-0.25, -0.2) is 0 Å². The molecule has 0 aliphatic carbocycles. The number of rotatable bonds is 7. The van der Waals surface area contributed by atoms with Crippen LogP contribution in [0.4, 0.5) is 5.69 Å². The van der Waals surface area contributed by atoms with Crippen molar-refractivity contribution in [1.29, 1.82) is 0 Å². The molecule has 0 saturated carbocycles. The lowest BCUT2D eigenvalue weighted by Crippen LogP contribution is -2.34. The number of nitrogens with zero attached hydrogens (tertiary/aromatic N) is 1. The number of amides is 1. The van der Waals surface area contributed by atoms with Crippen molar-refractivity contribution in [3.05, 3.63) is 95.6 Å². The predicted octanol–water partition coefficient (Wildman–Crippen LogP) is 5.99. The fraction of sp³-hybridized carbons (Fsp3) is 0.321. The van der Waals surface area contributed by atoms with E-state index in [2.05, 4.69) is 41.4 Å². The summed E-state index contributed by atoms with van der Waals surface area (Å²) in [7, 11) is 0. The van der Waals surface area contributed by atoms with Gasteiger partial charge in [0.05, 0.1) is 6.04 Å². The van der Waals surface area contributed by atoms with Crippen molar-refractivity contribution < 1.29 is 9.53 Å². The van der Waals surface area contributed by atoms with Gasteiger partial charge in [-0.2, -0.15) is 0 Å². The first-order valence-corrected chi connectivity index (χ1v) is 11.5. The molecule has 166 valence electrons. The first kappa shape index (κ1) is 21.9. The molecule has 4 heteroatoms. The molecule has 0 radical (unpaired) electrons. The summed E-state index contributed by atoms with van der Waals surface area (Å²) in [6.45, 7) is 7.06. The predicted molar refractivity (Wildman–Crippen MR) is 130 cm³/mol. The van der Waals surface area contributed by atoms with E-state index in [4.69, 9.17) is 4.74 Å². The number of nitrogens with one attached hydrogen (secondary N) is 1. The SMILES string of the molecule is C[C@H]1CCCN(c2ccc([C@@H](C)NC(=O)c3cccc(OCc4ccccc4)c3)cc2)C1. The normalized spacial score (nSPS) is 16.9. The average molecular weight is 429 g/mol. The number of carbonyl (C=O) groups excluding carboxylic acids is 1. The van der Waals surface area contributed by atoms with Crippen molar-refractivity contribution in [3.8, 4) is 5.75 Å². The smallest absolute Gasteiger partial charge is 0.251 e. The molecule has 3 aromatic rings. The van der Waals surface area contributed by atoms with E-state index in [0.717, 1.165) is 30.1 Å². The molecule has 1 aliphatic rings. The monoisotopic (exact) mass is 428 g/mol. The van der Waals surface area contributed by atoms with Gasteiger partial charge in [0.1, 0.15) is 12.4 Å². The molecule has 0 bridgehead atoms. The quantitative estimate of drug-likeness (QED) is 0.502. The summed E-state index contributed by atoms with van der Waals surface area (Å²) in [5.41, 5.74) is 4.06. The number of hydrogen-bond acceptors (Lipinski definition) is 3. The minimum absolute atomic E-state index is 0.0780. The van der Waals surface area contributed by atoms with E-state index in [0.29, 0.717) is 17.9 Å². The van der Waals surface area contributed by atoms with Crippen LogP contribution in [-0.4, -0.2) is 19.0 Å². The fourth-order valence-electron chi connectivity index (χ4n) is 4.23. The number of ether oxygens (including phenoxy) is 1. The van der Waals surface area contributed by atoms with E-state index in [1.165, 1.54) is 18.5 Å². The van der Waals surface area contributed by atoms with E-state index in [1.54, 1.807) is 6.07 Å². The molecular formula is C28H32N2O2. The van der Waals surface area contributed by atoms with Crippen molar-refractivity contribution in [3.63, 3.8) is 0 Å². The summed E-state index contributed by atoms with van der Waals surface area (Å²) in [6.07, 6.45) is 2.57. The zero-order valence-corrected chi connectivity index (χ0v) is 19.0. The van der Waals surface area contributed by atoms with Gasteiger partial charge in [-0.3, -0.25) is 4.79 Å². The lowest BCUT2D eigenvalue weighted by Gasteiger charge is -2.33. The molecule has 32 heavy (non-hydrogen) atoms. The molecule has 4 nitrogen and oxygen atoms in total. The highest BCUT2D eigenvalue weighted by atomic mass is 16.5. The molecule has 2 atom stereocenters.